The molecule has 0 aromatic carbocycles. The summed E-state index contributed by atoms with van der Waals surface area (Å²) in [5.41, 5.74) is 5.74. The van der Waals surface area contributed by atoms with Crippen LogP contribution in [0.1, 0.15) is 50.6 Å². The first-order chi connectivity index (χ1) is 13.4. The van der Waals surface area contributed by atoms with E-state index in [4.69, 9.17) is 5.73 Å². The van der Waals surface area contributed by atoms with Gasteiger partial charge in [0.05, 0.1) is 11.9 Å². The van der Waals surface area contributed by atoms with E-state index in [0.29, 0.717) is 30.0 Å². The highest BCUT2D eigenvalue weighted by molar-refractivity contribution is 5.76. The maximum absolute atomic E-state index is 14.4. The third-order valence-electron chi connectivity index (χ3n) is 5.90. The Labute approximate surface area is 162 Å². The van der Waals surface area contributed by atoms with E-state index in [-0.39, 0.29) is 23.6 Å². The minimum atomic E-state index is -0.917. The van der Waals surface area contributed by atoms with Crippen LogP contribution in [0, 0.1) is 11.7 Å². The molecule has 28 heavy (non-hydrogen) atoms. The van der Waals surface area contributed by atoms with Gasteiger partial charge in [0.25, 0.3) is 0 Å². The predicted octanol–water partition coefficient (Wildman–Crippen LogP) is 2.51. The van der Waals surface area contributed by atoms with E-state index < -0.39 is 11.4 Å². The molecule has 1 amide bonds. The van der Waals surface area contributed by atoms with Gasteiger partial charge in [0, 0.05) is 23.7 Å². The largest absolute Gasteiger partial charge is 0.384 e. The van der Waals surface area contributed by atoms with E-state index in [1.807, 2.05) is 0 Å². The molecule has 2 saturated carbocycles. The summed E-state index contributed by atoms with van der Waals surface area (Å²) in [5.74, 6) is -0.504. The minimum Gasteiger partial charge on any atom is -0.384 e. The zero-order valence-electron chi connectivity index (χ0n) is 15.6. The van der Waals surface area contributed by atoms with Gasteiger partial charge in [0.15, 0.2) is 5.82 Å². The summed E-state index contributed by atoms with van der Waals surface area (Å²) >= 11 is 0. The molecule has 0 spiro atoms. The average Bonchev–Trinajstić information content (AvgIpc) is 2.68. The second kappa shape index (κ2) is 7.43. The fourth-order valence-corrected chi connectivity index (χ4v) is 3.94. The van der Waals surface area contributed by atoms with Crippen LogP contribution in [0.3, 0.4) is 0 Å². The number of halogens is 1. The average molecular weight is 385 g/mol. The van der Waals surface area contributed by atoms with Crippen LogP contribution >= 0.6 is 0 Å². The Bertz CT molecular complexity index is 879. The molecule has 4 N–H and O–H groups in total. The topological polar surface area (TPSA) is 114 Å². The third-order valence-corrected chi connectivity index (χ3v) is 5.90. The van der Waals surface area contributed by atoms with Crippen molar-refractivity contribution >= 4 is 11.9 Å². The molecule has 0 atom stereocenters. The molecule has 2 fully saturated rings. The molecule has 0 radical (unpaired) electrons. The van der Waals surface area contributed by atoms with Crippen molar-refractivity contribution in [3.05, 3.63) is 36.0 Å². The molecule has 148 valence electrons. The van der Waals surface area contributed by atoms with Crippen molar-refractivity contribution in [3.8, 4) is 11.3 Å². The van der Waals surface area contributed by atoms with E-state index >= 15 is 0 Å². The first kappa shape index (κ1) is 18.7. The second-order valence-electron chi connectivity index (χ2n) is 7.80. The quantitative estimate of drug-likeness (QED) is 0.729. The van der Waals surface area contributed by atoms with Crippen LogP contribution in [0.15, 0.2) is 24.5 Å². The molecule has 8 heteroatoms. The number of carbonyl (C=O) groups is 1. The Morgan fingerprint density at radius 3 is 2.64 bits per heavy atom. The number of rotatable bonds is 5. The zero-order chi connectivity index (χ0) is 19.7. The first-order valence-electron chi connectivity index (χ1n) is 9.72. The number of aromatic nitrogens is 3. The van der Waals surface area contributed by atoms with Crippen molar-refractivity contribution in [2.24, 2.45) is 11.7 Å². The lowest BCUT2D eigenvalue weighted by molar-refractivity contribution is -0.122. The Morgan fingerprint density at radius 1 is 1.25 bits per heavy atom. The summed E-state index contributed by atoms with van der Waals surface area (Å²) in [6, 6.07) is 3.50. The molecule has 2 aliphatic carbocycles. The van der Waals surface area contributed by atoms with Crippen molar-refractivity contribution in [1.82, 2.24) is 15.0 Å². The van der Waals surface area contributed by atoms with Crippen molar-refractivity contribution in [1.29, 1.82) is 0 Å². The van der Waals surface area contributed by atoms with E-state index in [0.717, 1.165) is 38.3 Å². The van der Waals surface area contributed by atoms with Crippen LogP contribution in [0.25, 0.3) is 11.3 Å². The van der Waals surface area contributed by atoms with Gasteiger partial charge in [0.1, 0.15) is 11.3 Å². The summed E-state index contributed by atoms with van der Waals surface area (Å²) < 4.78 is 14.4. The number of pyridine rings is 1. The molecular formula is C20H24FN5O2. The number of nitrogens with two attached hydrogens (primary N) is 1. The van der Waals surface area contributed by atoms with E-state index in [9.17, 15) is 14.3 Å². The van der Waals surface area contributed by atoms with Gasteiger partial charge in [-0.25, -0.2) is 14.4 Å². The highest BCUT2D eigenvalue weighted by Crippen LogP contribution is 2.41. The molecule has 2 aromatic rings. The summed E-state index contributed by atoms with van der Waals surface area (Å²) in [6.07, 6.45) is 8.04. The lowest BCUT2D eigenvalue weighted by Crippen LogP contribution is -2.34. The maximum atomic E-state index is 14.4. The predicted molar refractivity (Wildman–Crippen MR) is 102 cm³/mol. The number of nitrogens with one attached hydrogen (secondary N) is 1. The maximum Gasteiger partial charge on any atom is 0.223 e. The minimum absolute atomic E-state index is 0.0738. The van der Waals surface area contributed by atoms with Crippen molar-refractivity contribution < 1.29 is 14.3 Å². The number of aliphatic hydroxyl groups is 1. The molecule has 2 aliphatic rings. The molecule has 2 aromatic heterocycles. The first-order valence-corrected chi connectivity index (χ1v) is 9.72. The SMILES string of the molecule is NC(=O)[C@H]1CC[C@H](Nc2ncc(F)c(-c3ccnc(C4(O)CCC4)c3)n2)CC1. The van der Waals surface area contributed by atoms with Gasteiger partial charge in [-0.3, -0.25) is 9.78 Å². The fourth-order valence-electron chi connectivity index (χ4n) is 3.94. The van der Waals surface area contributed by atoms with Crippen LogP contribution in [0.2, 0.25) is 0 Å². The van der Waals surface area contributed by atoms with E-state index in [1.54, 1.807) is 18.3 Å². The number of hydrogen-bond acceptors (Lipinski definition) is 6. The Morgan fingerprint density at radius 2 is 2.00 bits per heavy atom. The molecular weight excluding hydrogens is 361 g/mol. The number of amides is 1. The summed E-state index contributed by atoms with van der Waals surface area (Å²) in [4.78, 5) is 24.0. The second-order valence-corrected chi connectivity index (χ2v) is 7.80. The van der Waals surface area contributed by atoms with Gasteiger partial charge in [-0.2, -0.15) is 0 Å². The number of anilines is 1. The van der Waals surface area contributed by atoms with Crippen molar-refractivity contribution in [3.63, 3.8) is 0 Å². The van der Waals surface area contributed by atoms with Gasteiger partial charge in [0.2, 0.25) is 11.9 Å². The highest BCUT2D eigenvalue weighted by atomic mass is 19.1. The van der Waals surface area contributed by atoms with Gasteiger partial charge in [-0.15, -0.1) is 0 Å². The number of nitrogens with zero attached hydrogens (tertiary/aromatic N) is 3. The molecule has 7 nitrogen and oxygen atoms in total. The van der Waals surface area contributed by atoms with Gasteiger partial charge in [-0.05, 0) is 57.1 Å². The monoisotopic (exact) mass is 385 g/mol. The smallest absolute Gasteiger partial charge is 0.223 e. The Balaban J connectivity index is 1.52. The molecule has 0 unspecified atom stereocenters. The number of hydrogen-bond donors (Lipinski definition) is 3. The number of primary amides is 1. The Kier molecular flexibility index (Phi) is 4.97. The van der Waals surface area contributed by atoms with Gasteiger partial charge < -0.3 is 16.2 Å². The lowest BCUT2D eigenvalue weighted by Gasteiger charge is -2.36. The van der Waals surface area contributed by atoms with Gasteiger partial charge >= 0.3 is 0 Å². The van der Waals surface area contributed by atoms with Crippen molar-refractivity contribution in [2.75, 3.05) is 5.32 Å². The van der Waals surface area contributed by atoms with Gasteiger partial charge in [-0.1, -0.05) is 0 Å². The number of carbonyl (C=O) groups excluding carboxylic acids is 1. The van der Waals surface area contributed by atoms with Crippen LogP contribution in [-0.2, 0) is 10.4 Å². The molecule has 0 aliphatic heterocycles. The summed E-state index contributed by atoms with van der Waals surface area (Å²) in [5, 5.41) is 13.8. The van der Waals surface area contributed by atoms with E-state index in [1.165, 1.54) is 0 Å². The van der Waals surface area contributed by atoms with Crippen LogP contribution in [-0.4, -0.2) is 32.0 Å². The fraction of sp³-hybridized carbons (Fsp3) is 0.500. The van der Waals surface area contributed by atoms with Crippen LogP contribution < -0.4 is 11.1 Å². The van der Waals surface area contributed by atoms with E-state index in [2.05, 4.69) is 20.3 Å². The zero-order valence-corrected chi connectivity index (χ0v) is 15.6. The summed E-state index contributed by atoms with van der Waals surface area (Å²) in [6.45, 7) is 0. The molecule has 0 saturated heterocycles. The normalized spacial score (nSPS) is 23.6. The van der Waals surface area contributed by atoms with Crippen molar-refractivity contribution in [2.45, 2.75) is 56.6 Å². The lowest BCUT2D eigenvalue weighted by atomic mass is 9.77. The standard InChI is InChI=1S/C20H24FN5O2/c21-15-11-24-19(25-14-4-2-12(3-5-14)18(22)27)26-17(15)13-6-9-23-16(10-13)20(28)7-1-8-20/h6,9-12,14,28H,1-5,7-8H2,(H2,22,27)(H,24,25,26)/t12-,14-. The molecule has 0 bridgehead atoms. The third kappa shape index (κ3) is 3.69. The van der Waals surface area contributed by atoms with Crippen LogP contribution in [0.5, 0.6) is 0 Å². The van der Waals surface area contributed by atoms with Crippen LogP contribution in [0.4, 0.5) is 10.3 Å². The molecule has 4 rings (SSSR count). The highest BCUT2D eigenvalue weighted by Gasteiger charge is 2.37. The Hall–Kier alpha value is -2.61. The molecule has 2 heterocycles. The summed E-state index contributed by atoms with van der Waals surface area (Å²) in [7, 11) is 0.